The highest BCUT2D eigenvalue weighted by Crippen LogP contribution is 2.31. The summed E-state index contributed by atoms with van der Waals surface area (Å²) < 4.78 is 0. The molecule has 0 aliphatic carbocycles. The third kappa shape index (κ3) is 4.01. The molecule has 0 bridgehead atoms. The average Bonchev–Trinajstić information content (AvgIpc) is 3.14. The first-order chi connectivity index (χ1) is 11.6. The minimum absolute atomic E-state index is 0.0213. The van der Waals surface area contributed by atoms with E-state index in [0.717, 1.165) is 31.5 Å². The highest BCUT2D eigenvalue weighted by atomic mass is 32.1. The molecule has 2 N–H and O–H groups in total. The van der Waals surface area contributed by atoms with E-state index in [0.29, 0.717) is 5.13 Å². The molecule has 2 atom stereocenters. The Bertz CT molecular complexity index is 640. The summed E-state index contributed by atoms with van der Waals surface area (Å²) in [6, 6.07) is 9.63. The van der Waals surface area contributed by atoms with Crippen LogP contribution < -0.4 is 5.32 Å². The maximum absolute atomic E-state index is 12.3. The van der Waals surface area contributed by atoms with Crippen molar-refractivity contribution in [3.05, 3.63) is 47.5 Å². The molecule has 1 fully saturated rings. The van der Waals surface area contributed by atoms with Crippen LogP contribution in [0.1, 0.15) is 31.4 Å². The smallest absolute Gasteiger partial charge is 0.243 e. The fraction of sp³-hybridized carbons (Fsp3) is 0.444. The maximum Gasteiger partial charge on any atom is 0.243 e. The van der Waals surface area contributed by atoms with Gasteiger partial charge in [0, 0.05) is 11.6 Å². The van der Waals surface area contributed by atoms with E-state index in [1.807, 2.05) is 42.6 Å². The number of carbonyl (C=O) groups excluding carboxylic acids is 1. The predicted molar refractivity (Wildman–Crippen MR) is 95.9 cm³/mol. The van der Waals surface area contributed by atoms with Crippen LogP contribution in [0.4, 0.5) is 5.13 Å². The van der Waals surface area contributed by atoms with Crippen molar-refractivity contribution in [2.75, 3.05) is 18.4 Å². The lowest BCUT2D eigenvalue weighted by molar-refractivity contribution is -0.121. The van der Waals surface area contributed by atoms with Gasteiger partial charge < -0.3 is 10.4 Å². The van der Waals surface area contributed by atoms with Gasteiger partial charge in [-0.05, 0) is 44.3 Å². The number of aromatic nitrogens is 1. The van der Waals surface area contributed by atoms with Crippen molar-refractivity contribution < 1.29 is 9.90 Å². The number of benzene rings is 1. The normalized spacial score (nSPS) is 18.9. The standard InChI is InChI=1S/C18H23N3O2S/c1-13(17(23)20-18-19-9-12-24-18)21-10-7-15(8-11-21)16(22)14-5-3-2-4-6-14/h2-6,9,12-13,15-16,22H,7-8,10-11H2,1H3,(H,19,20,23). The summed E-state index contributed by atoms with van der Waals surface area (Å²) >= 11 is 1.42. The second-order valence-electron chi connectivity index (χ2n) is 6.23. The van der Waals surface area contributed by atoms with Gasteiger partial charge in [0.2, 0.25) is 5.91 Å². The zero-order chi connectivity index (χ0) is 16.9. The topological polar surface area (TPSA) is 65.5 Å². The van der Waals surface area contributed by atoms with Crippen LogP contribution in [0.15, 0.2) is 41.9 Å². The number of hydrogen-bond acceptors (Lipinski definition) is 5. The van der Waals surface area contributed by atoms with Crippen molar-refractivity contribution in [1.82, 2.24) is 9.88 Å². The number of aliphatic hydroxyl groups excluding tert-OH is 1. The van der Waals surface area contributed by atoms with Gasteiger partial charge in [0.1, 0.15) is 0 Å². The summed E-state index contributed by atoms with van der Waals surface area (Å²) in [5.41, 5.74) is 0.977. The Hall–Kier alpha value is -1.76. The largest absolute Gasteiger partial charge is 0.388 e. The second-order valence-corrected chi connectivity index (χ2v) is 7.13. The van der Waals surface area contributed by atoms with Gasteiger partial charge in [-0.15, -0.1) is 11.3 Å². The summed E-state index contributed by atoms with van der Waals surface area (Å²) in [6.07, 6.45) is 3.05. The molecule has 1 aliphatic heterocycles. The molecular weight excluding hydrogens is 322 g/mol. The fourth-order valence-corrected chi connectivity index (χ4v) is 3.74. The number of likely N-dealkylation sites (tertiary alicyclic amines) is 1. The first-order valence-electron chi connectivity index (χ1n) is 8.32. The first kappa shape index (κ1) is 17.1. The maximum atomic E-state index is 12.3. The van der Waals surface area contributed by atoms with Gasteiger partial charge in [-0.2, -0.15) is 0 Å². The van der Waals surface area contributed by atoms with Gasteiger partial charge in [0.05, 0.1) is 12.1 Å². The van der Waals surface area contributed by atoms with Crippen molar-refractivity contribution in [2.24, 2.45) is 5.92 Å². The SMILES string of the molecule is CC(C(=O)Nc1nccs1)N1CCC(C(O)c2ccccc2)CC1. The van der Waals surface area contributed by atoms with Crippen LogP contribution in [0.2, 0.25) is 0 Å². The molecule has 0 saturated carbocycles. The Morgan fingerprint density at radius 3 is 2.67 bits per heavy atom. The molecule has 24 heavy (non-hydrogen) atoms. The second kappa shape index (κ2) is 7.88. The number of carbonyl (C=O) groups is 1. The van der Waals surface area contributed by atoms with E-state index in [2.05, 4.69) is 15.2 Å². The number of piperidine rings is 1. The van der Waals surface area contributed by atoms with Crippen LogP contribution in [0.5, 0.6) is 0 Å². The average molecular weight is 345 g/mol. The number of aliphatic hydroxyl groups is 1. The highest BCUT2D eigenvalue weighted by Gasteiger charge is 2.30. The molecule has 1 amide bonds. The van der Waals surface area contributed by atoms with Crippen LogP contribution in [0.25, 0.3) is 0 Å². The van der Waals surface area contributed by atoms with E-state index in [9.17, 15) is 9.90 Å². The van der Waals surface area contributed by atoms with Crippen LogP contribution in [-0.2, 0) is 4.79 Å². The van der Waals surface area contributed by atoms with Gasteiger partial charge in [-0.3, -0.25) is 9.69 Å². The molecule has 6 heteroatoms. The number of nitrogens with one attached hydrogen (secondary N) is 1. The van der Waals surface area contributed by atoms with Gasteiger partial charge in [-0.1, -0.05) is 30.3 Å². The molecule has 0 spiro atoms. The number of anilines is 1. The van der Waals surface area contributed by atoms with Crippen LogP contribution in [0.3, 0.4) is 0 Å². The zero-order valence-corrected chi connectivity index (χ0v) is 14.6. The summed E-state index contributed by atoms with van der Waals surface area (Å²) in [4.78, 5) is 18.6. The molecule has 2 aromatic rings. The van der Waals surface area contributed by atoms with Crippen molar-refractivity contribution in [2.45, 2.75) is 31.9 Å². The molecule has 2 heterocycles. The number of hydrogen-bond donors (Lipinski definition) is 2. The lowest BCUT2D eigenvalue weighted by Gasteiger charge is -2.37. The molecule has 3 rings (SSSR count). The van der Waals surface area contributed by atoms with E-state index in [1.54, 1.807) is 6.20 Å². The van der Waals surface area contributed by atoms with Gasteiger partial charge in [0.15, 0.2) is 5.13 Å². The molecular formula is C18H23N3O2S. The van der Waals surface area contributed by atoms with Gasteiger partial charge >= 0.3 is 0 Å². The van der Waals surface area contributed by atoms with E-state index in [-0.39, 0.29) is 17.9 Å². The van der Waals surface area contributed by atoms with Crippen molar-refractivity contribution in [3.8, 4) is 0 Å². The lowest BCUT2D eigenvalue weighted by Crippen LogP contribution is -2.46. The van der Waals surface area contributed by atoms with Crippen molar-refractivity contribution >= 4 is 22.4 Å². The molecule has 0 radical (unpaired) electrons. The number of amides is 1. The minimum atomic E-state index is -0.423. The van der Waals surface area contributed by atoms with Crippen LogP contribution in [0, 0.1) is 5.92 Å². The van der Waals surface area contributed by atoms with Gasteiger partial charge in [0.25, 0.3) is 0 Å². The lowest BCUT2D eigenvalue weighted by atomic mass is 9.87. The fourth-order valence-electron chi connectivity index (χ4n) is 3.21. The Morgan fingerprint density at radius 1 is 1.33 bits per heavy atom. The van der Waals surface area contributed by atoms with Crippen LogP contribution >= 0.6 is 11.3 Å². The molecule has 128 valence electrons. The summed E-state index contributed by atoms with van der Waals surface area (Å²) in [7, 11) is 0. The van der Waals surface area contributed by atoms with E-state index in [4.69, 9.17) is 0 Å². The van der Waals surface area contributed by atoms with Crippen molar-refractivity contribution in [1.29, 1.82) is 0 Å². The summed E-state index contributed by atoms with van der Waals surface area (Å²) in [5.74, 6) is 0.227. The first-order valence-corrected chi connectivity index (χ1v) is 9.20. The Balaban J connectivity index is 1.52. The monoisotopic (exact) mass is 345 g/mol. The van der Waals surface area contributed by atoms with Gasteiger partial charge in [-0.25, -0.2) is 4.98 Å². The zero-order valence-electron chi connectivity index (χ0n) is 13.8. The van der Waals surface area contributed by atoms with Crippen LogP contribution in [-0.4, -0.2) is 40.0 Å². The van der Waals surface area contributed by atoms with E-state index >= 15 is 0 Å². The quantitative estimate of drug-likeness (QED) is 0.874. The highest BCUT2D eigenvalue weighted by molar-refractivity contribution is 7.13. The van der Waals surface area contributed by atoms with E-state index < -0.39 is 6.10 Å². The predicted octanol–water partition coefficient (Wildman–Crippen LogP) is 2.92. The number of rotatable bonds is 5. The Kier molecular flexibility index (Phi) is 5.60. The number of thiazole rings is 1. The molecule has 1 saturated heterocycles. The minimum Gasteiger partial charge on any atom is -0.388 e. The third-order valence-corrected chi connectivity index (χ3v) is 5.44. The molecule has 2 unspecified atom stereocenters. The van der Waals surface area contributed by atoms with E-state index in [1.165, 1.54) is 11.3 Å². The molecule has 1 aliphatic rings. The van der Waals surface area contributed by atoms with Crippen molar-refractivity contribution in [3.63, 3.8) is 0 Å². The Labute approximate surface area is 146 Å². The Morgan fingerprint density at radius 2 is 2.04 bits per heavy atom. The molecule has 1 aromatic carbocycles. The summed E-state index contributed by atoms with van der Waals surface area (Å²) in [6.45, 7) is 3.57. The third-order valence-electron chi connectivity index (χ3n) is 4.75. The molecule has 5 nitrogen and oxygen atoms in total. The number of nitrogens with zero attached hydrogens (tertiary/aromatic N) is 2. The molecule has 1 aromatic heterocycles. The summed E-state index contributed by atoms with van der Waals surface area (Å²) in [5, 5.41) is 15.9.